The normalized spacial score (nSPS) is 24.6. The Kier molecular flexibility index (Phi) is 5.04. The molecule has 1 saturated heterocycles. The number of hydrogen-bond acceptors (Lipinski definition) is 4. The van der Waals surface area contributed by atoms with Crippen LogP contribution in [0.4, 0.5) is 0 Å². The van der Waals surface area contributed by atoms with Crippen molar-refractivity contribution in [1.82, 2.24) is 0 Å². The molecule has 0 aromatic rings. The first-order valence-electron chi connectivity index (χ1n) is 5.15. The maximum absolute atomic E-state index is 5.65. The van der Waals surface area contributed by atoms with Crippen LogP contribution in [0.1, 0.15) is 19.8 Å². The SMILES string of the molecule is CCCO[Si](C)(OC)OCCC1CO1. The molecule has 2 atom stereocenters. The van der Waals surface area contributed by atoms with Crippen molar-refractivity contribution < 1.29 is 18.0 Å². The maximum atomic E-state index is 5.65. The van der Waals surface area contributed by atoms with E-state index < -0.39 is 8.80 Å². The minimum atomic E-state index is -2.34. The quantitative estimate of drug-likeness (QED) is 0.458. The van der Waals surface area contributed by atoms with Crippen molar-refractivity contribution in [3.05, 3.63) is 0 Å². The second kappa shape index (κ2) is 5.82. The highest BCUT2D eigenvalue weighted by Gasteiger charge is 2.34. The molecule has 84 valence electrons. The van der Waals surface area contributed by atoms with E-state index in [4.69, 9.17) is 18.0 Å². The topological polar surface area (TPSA) is 40.2 Å². The summed E-state index contributed by atoms with van der Waals surface area (Å²) in [4.78, 5) is 0. The molecule has 2 unspecified atom stereocenters. The molecule has 0 N–H and O–H groups in total. The Labute approximate surface area is 86.9 Å². The zero-order valence-corrected chi connectivity index (χ0v) is 10.2. The van der Waals surface area contributed by atoms with Gasteiger partial charge in [-0.05, 0) is 12.8 Å². The van der Waals surface area contributed by atoms with Gasteiger partial charge in [0.2, 0.25) is 0 Å². The molecule has 0 aromatic carbocycles. The van der Waals surface area contributed by atoms with Crippen LogP contribution in [0.3, 0.4) is 0 Å². The minimum Gasteiger partial charge on any atom is -0.377 e. The molecule has 0 amide bonds. The lowest BCUT2D eigenvalue weighted by molar-refractivity contribution is 0.0814. The van der Waals surface area contributed by atoms with Crippen molar-refractivity contribution in [3.8, 4) is 0 Å². The Morgan fingerprint density at radius 1 is 1.36 bits per heavy atom. The summed E-state index contributed by atoms with van der Waals surface area (Å²) in [5.74, 6) is 0. The van der Waals surface area contributed by atoms with Crippen molar-refractivity contribution >= 4 is 8.80 Å². The van der Waals surface area contributed by atoms with Gasteiger partial charge in [0.1, 0.15) is 0 Å². The monoisotopic (exact) mass is 220 g/mol. The maximum Gasteiger partial charge on any atom is 0.497 e. The Morgan fingerprint density at radius 3 is 2.50 bits per heavy atom. The standard InChI is InChI=1S/C9H20O4Si/c1-4-6-12-14(3,10-2)13-7-5-9-8-11-9/h9H,4-8H2,1-3H3. The number of hydrogen-bond donors (Lipinski definition) is 0. The largest absolute Gasteiger partial charge is 0.497 e. The average molecular weight is 220 g/mol. The number of ether oxygens (including phenoxy) is 1. The highest BCUT2D eigenvalue weighted by atomic mass is 28.4. The Balaban J connectivity index is 2.12. The fraction of sp³-hybridized carbons (Fsp3) is 1.00. The lowest BCUT2D eigenvalue weighted by Crippen LogP contribution is -2.42. The summed E-state index contributed by atoms with van der Waals surface area (Å²) in [6, 6.07) is 0. The Morgan fingerprint density at radius 2 is 2.00 bits per heavy atom. The van der Waals surface area contributed by atoms with Gasteiger partial charge in [-0.3, -0.25) is 0 Å². The first-order valence-corrected chi connectivity index (χ1v) is 7.37. The van der Waals surface area contributed by atoms with Crippen molar-refractivity contribution in [2.24, 2.45) is 0 Å². The smallest absolute Gasteiger partial charge is 0.377 e. The van der Waals surface area contributed by atoms with Crippen LogP contribution in [0.2, 0.25) is 6.55 Å². The fourth-order valence-corrected chi connectivity index (χ4v) is 2.44. The van der Waals surface area contributed by atoms with Gasteiger partial charge in [0, 0.05) is 26.9 Å². The van der Waals surface area contributed by atoms with Gasteiger partial charge in [-0.15, -0.1) is 0 Å². The third-order valence-electron chi connectivity index (χ3n) is 2.15. The molecule has 14 heavy (non-hydrogen) atoms. The molecule has 5 heteroatoms. The van der Waals surface area contributed by atoms with E-state index in [0.29, 0.717) is 19.3 Å². The van der Waals surface area contributed by atoms with E-state index in [1.165, 1.54) is 0 Å². The molecule has 0 spiro atoms. The van der Waals surface area contributed by atoms with Crippen molar-refractivity contribution in [2.45, 2.75) is 32.4 Å². The van der Waals surface area contributed by atoms with Gasteiger partial charge in [-0.1, -0.05) is 6.92 Å². The summed E-state index contributed by atoms with van der Waals surface area (Å²) >= 11 is 0. The molecule has 0 aliphatic carbocycles. The van der Waals surface area contributed by atoms with Crippen LogP contribution in [-0.4, -0.2) is 41.8 Å². The van der Waals surface area contributed by atoms with Crippen molar-refractivity contribution in [3.63, 3.8) is 0 Å². The van der Waals surface area contributed by atoms with E-state index in [-0.39, 0.29) is 0 Å². The summed E-state index contributed by atoms with van der Waals surface area (Å²) in [6.07, 6.45) is 2.35. The molecular formula is C9H20O4Si. The molecule has 0 bridgehead atoms. The van der Waals surface area contributed by atoms with Gasteiger partial charge < -0.3 is 18.0 Å². The van der Waals surface area contributed by atoms with E-state index in [2.05, 4.69) is 6.92 Å². The molecule has 1 aliphatic rings. The summed E-state index contributed by atoms with van der Waals surface area (Å²) in [5, 5.41) is 0. The molecule has 1 fully saturated rings. The first kappa shape index (κ1) is 12.1. The van der Waals surface area contributed by atoms with Crippen LogP contribution >= 0.6 is 0 Å². The van der Waals surface area contributed by atoms with Crippen molar-refractivity contribution in [1.29, 1.82) is 0 Å². The van der Waals surface area contributed by atoms with E-state index in [1.54, 1.807) is 7.11 Å². The van der Waals surface area contributed by atoms with E-state index in [1.807, 2.05) is 6.55 Å². The van der Waals surface area contributed by atoms with Gasteiger partial charge in [-0.2, -0.15) is 0 Å². The number of epoxide rings is 1. The van der Waals surface area contributed by atoms with Gasteiger partial charge in [0.25, 0.3) is 0 Å². The lowest BCUT2D eigenvalue weighted by Gasteiger charge is -2.23. The van der Waals surface area contributed by atoms with Crippen LogP contribution in [0.15, 0.2) is 0 Å². The molecule has 1 aliphatic heterocycles. The van der Waals surface area contributed by atoms with Crippen LogP contribution in [0, 0.1) is 0 Å². The summed E-state index contributed by atoms with van der Waals surface area (Å²) < 4.78 is 21.6. The molecule has 1 heterocycles. The Hall–Kier alpha value is 0.0569. The second-order valence-electron chi connectivity index (χ2n) is 3.51. The van der Waals surface area contributed by atoms with Crippen molar-refractivity contribution in [2.75, 3.05) is 26.9 Å². The van der Waals surface area contributed by atoms with E-state index >= 15 is 0 Å². The zero-order valence-electron chi connectivity index (χ0n) is 9.25. The van der Waals surface area contributed by atoms with E-state index in [9.17, 15) is 0 Å². The molecule has 0 saturated carbocycles. The van der Waals surface area contributed by atoms with Crippen LogP contribution in [0.25, 0.3) is 0 Å². The predicted octanol–water partition coefficient (Wildman–Crippen LogP) is 1.43. The fourth-order valence-electron chi connectivity index (χ4n) is 1.06. The summed E-state index contributed by atoms with van der Waals surface area (Å²) in [6.45, 7) is 6.25. The lowest BCUT2D eigenvalue weighted by atomic mass is 10.4. The third kappa shape index (κ3) is 4.52. The van der Waals surface area contributed by atoms with Crippen LogP contribution < -0.4 is 0 Å². The first-order chi connectivity index (χ1) is 6.70. The average Bonchev–Trinajstić information content (AvgIpc) is 2.99. The molecular weight excluding hydrogens is 200 g/mol. The van der Waals surface area contributed by atoms with Gasteiger partial charge >= 0.3 is 8.80 Å². The number of rotatable bonds is 8. The molecule has 0 radical (unpaired) electrons. The molecule has 0 aromatic heterocycles. The van der Waals surface area contributed by atoms with Gasteiger partial charge in [0.05, 0.1) is 12.7 Å². The minimum absolute atomic E-state index is 0.413. The molecule has 4 nitrogen and oxygen atoms in total. The third-order valence-corrected chi connectivity index (χ3v) is 4.34. The summed E-state index contributed by atoms with van der Waals surface area (Å²) in [7, 11) is -0.691. The zero-order chi connectivity index (χ0) is 10.4. The van der Waals surface area contributed by atoms with Gasteiger partial charge in [-0.25, -0.2) is 0 Å². The summed E-state index contributed by atoms with van der Waals surface area (Å²) in [5.41, 5.74) is 0. The van der Waals surface area contributed by atoms with Gasteiger partial charge in [0.15, 0.2) is 0 Å². The highest BCUT2D eigenvalue weighted by Crippen LogP contribution is 2.15. The highest BCUT2D eigenvalue weighted by molar-refractivity contribution is 6.59. The van der Waals surface area contributed by atoms with Crippen LogP contribution in [-0.2, 0) is 18.0 Å². The second-order valence-corrected chi connectivity index (χ2v) is 6.22. The molecule has 1 rings (SSSR count). The Bertz CT molecular complexity index is 163. The van der Waals surface area contributed by atoms with Crippen LogP contribution in [0.5, 0.6) is 0 Å². The predicted molar refractivity (Wildman–Crippen MR) is 55.2 cm³/mol. The van der Waals surface area contributed by atoms with E-state index in [0.717, 1.165) is 19.4 Å².